The summed E-state index contributed by atoms with van der Waals surface area (Å²) in [7, 11) is 2.18. The summed E-state index contributed by atoms with van der Waals surface area (Å²) in [6.45, 7) is 12.7. The summed E-state index contributed by atoms with van der Waals surface area (Å²) >= 11 is 1.92. The molecular formula is C22H37N3O2S. The van der Waals surface area contributed by atoms with Gasteiger partial charge in [-0.15, -0.1) is 0 Å². The van der Waals surface area contributed by atoms with Crippen LogP contribution >= 0.6 is 11.8 Å². The molecular weight excluding hydrogens is 370 g/mol. The van der Waals surface area contributed by atoms with E-state index in [0.29, 0.717) is 24.8 Å². The van der Waals surface area contributed by atoms with Gasteiger partial charge >= 0.3 is 0 Å². The predicted molar refractivity (Wildman–Crippen MR) is 118 cm³/mol. The molecule has 0 amide bonds. The first kappa shape index (κ1) is 21.6. The molecule has 28 heavy (non-hydrogen) atoms. The zero-order valence-electron chi connectivity index (χ0n) is 18.0. The van der Waals surface area contributed by atoms with E-state index in [0.717, 1.165) is 50.4 Å². The molecule has 0 spiro atoms. The molecule has 0 aromatic heterocycles. The van der Waals surface area contributed by atoms with E-state index in [9.17, 15) is 0 Å². The Labute approximate surface area is 175 Å². The van der Waals surface area contributed by atoms with Gasteiger partial charge < -0.3 is 14.4 Å². The molecule has 3 aliphatic rings. The molecule has 0 aromatic carbocycles. The molecule has 3 aliphatic heterocycles. The van der Waals surface area contributed by atoms with Gasteiger partial charge in [-0.25, -0.2) is 0 Å². The van der Waals surface area contributed by atoms with Crippen molar-refractivity contribution in [3.8, 4) is 0 Å². The van der Waals surface area contributed by atoms with Crippen molar-refractivity contribution in [3.63, 3.8) is 0 Å². The normalized spacial score (nSPS) is 26.2. The summed E-state index contributed by atoms with van der Waals surface area (Å²) in [6.07, 6.45) is 8.75. The van der Waals surface area contributed by atoms with Crippen molar-refractivity contribution in [2.45, 2.75) is 58.0 Å². The fraction of sp³-hybridized carbons (Fsp3) is 0.727. The van der Waals surface area contributed by atoms with Crippen LogP contribution in [0.5, 0.6) is 0 Å². The highest BCUT2D eigenvalue weighted by Crippen LogP contribution is 2.28. The highest BCUT2D eigenvalue weighted by molar-refractivity contribution is 8.02. The van der Waals surface area contributed by atoms with Crippen molar-refractivity contribution in [1.82, 2.24) is 14.7 Å². The molecule has 1 fully saturated rings. The summed E-state index contributed by atoms with van der Waals surface area (Å²) in [5.41, 5.74) is 1.91. The lowest BCUT2D eigenvalue weighted by molar-refractivity contribution is 0.0640. The molecule has 0 saturated carbocycles. The minimum absolute atomic E-state index is 0.429. The van der Waals surface area contributed by atoms with Crippen LogP contribution in [0.1, 0.15) is 46.5 Å². The average Bonchev–Trinajstić information content (AvgIpc) is 2.99. The van der Waals surface area contributed by atoms with Crippen LogP contribution in [0.25, 0.3) is 0 Å². The Hall–Kier alpha value is -1.11. The minimum Gasteiger partial charge on any atom is -0.491 e. The zero-order valence-corrected chi connectivity index (χ0v) is 18.8. The van der Waals surface area contributed by atoms with Crippen molar-refractivity contribution in [3.05, 3.63) is 34.8 Å². The number of hydrogen-bond donors (Lipinski definition) is 0. The molecule has 2 unspecified atom stereocenters. The quantitative estimate of drug-likeness (QED) is 0.628. The van der Waals surface area contributed by atoms with E-state index in [1.54, 1.807) is 0 Å². The van der Waals surface area contributed by atoms with Crippen LogP contribution < -0.4 is 0 Å². The van der Waals surface area contributed by atoms with Gasteiger partial charge in [0.1, 0.15) is 24.5 Å². The number of rotatable bonds is 7. The van der Waals surface area contributed by atoms with Gasteiger partial charge in [-0.2, -0.15) is 0 Å². The average molecular weight is 408 g/mol. The van der Waals surface area contributed by atoms with Gasteiger partial charge in [-0.1, -0.05) is 25.6 Å². The third-order valence-corrected chi connectivity index (χ3v) is 7.05. The standard InChI is InChI=1S/C22H37N3O2S/c1-5-8-20-21(27-15-14-26-20)17-19(6-2)18(3)24-9-7-10-25(12-11-24)22-23(4)13-16-28-22/h13,16-18,22H,5-12,14-15H2,1-4H3/b19-17+. The SMILES string of the molecule is CCCC1=C(/C=C(\CC)C(C)N2CCCN(C3SC=CN3C)CC2)OCCO1. The van der Waals surface area contributed by atoms with E-state index < -0.39 is 0 Å². The fourth-order valence-electron chi connectivity index (χ4n) is 4.21. The summed E-state index contributed by atoms with van der Waals surface area (Å²) in [5.74, 6) is 1.99. The second-order valence-electron chi connectivity index (χ2n) is 7.82. The van der Waals surface area contributed by atoms with E-state index >= 15 is 0 Å². The van der Waals surface area contributed by atoms with E-state index in [2.05, 4.69) is 60.2 Å². The van der Waals surface area contributed by atoms with E-state index in [-0.39, 0.29) is 0 Å². The molecule has 3 rings (SSSR count). The van der Waals surface area contributed by atoms with Gasteiger partial charge in [0.2, 0.25) is 0 Å². The van der Waals surface area contributed by atoms with E-state index in [1.165, 1.54) is 18.5 Å². The number of ether oxygens (including phenoxy) is 2. The van der Waals surface area contributed by atoms with Crippen LogP contribution in [-0.4, -0.2) is 72.7 Å². The van der Waals surface area contributed by atoms with Gasteiger partial charge in [0.15, 0.2) is 5.76 Å². The Bertz CT molecular complexity index is 605. The second kappa shape index (κ2) is 10.6. The lowest BCUT2D eigenvalue weighted by Crippen LogP contribution is -2.43. The predicted octanol–water partition coefficient (Wildman–Crippen LogP) is 4.21. The second-order valence-corrected chi connectivity index (χ2v) is 8.79. The maximum Gasteiger partial charge on any atom is 0.157 e. The van der Waals surface area contributed by atoms with Crippen LogP contribution in [0.2, 0.25) is 0 Å². The molecule has 5 nitrogen and oxygen atoms in total. The van der Waals surface area contributed by atoms with Gasteiger partial charge in [0.25, 0.3) is 0 Å². The highest BCUT2D eigenvalue weighted by atomic mass is 32.2. The Morgan fingerprint density at radius 3 is 2.75 bits per heavy atom. The lowest BCUT2D eigenvalue weighted by atomic mass is 10.0. The first-order chi connectivity index (χ1) is 13.6. The van der Waals surface area contributed by atoms with Crippen LogP contribution in [0.4, 0.5) is 0 Å². The molecule has 158 valence electrons. The third kappa shape index (κ3) is 5.28. The van der Waals surface area contributed by atoms with Crippen molar-refractivity contribution in [2.75, 3.05) is 46.4 Å². The molecule has 0 bridgehead atoms. The van der Waals surface area contributed by atoms with Crippen LogP contribution in [-0.2, 0) is 9.47 Å². The molecule has 0 radical (unpaired) electrons. The number of thioether (sulfide) groups is 1. The molecule has 6 heteroatoms. The van der Waals surface area contributed by atoms with Crippen LogP contribution in [0.3, 0.4) is 0 Å². The summed E-state index contributed by atoms with van der Waals surface area (Å²) < 4.78 is 11.8. The summed E-state index contributed by atoms with van der Waals surface area (Å²) in [4.78, 5) is 7.59. The van der Waals surface area contributed by atoms with Crippen molar-refractivity contribution in [2.24, 2.45) is 0 Å². The lowest BCUT2D eigenvalue weighted by Gasteiger charge is -2.33. The van der Waals surface area contributed by atoms with E-state index in [4.69, 9.17) is 9.47 Å². The molecule has 1 saturated heterocycles. The molecule has 2 atom stereocenters. The maximum absolute atomic E-state index is 5.97. The zero-order chi connectivity index (χ0) is 19.9. The molecule has 3 heterocycles. The third-order valence-electron chi connectivity index (χ3n) is 5.90. The van der Waals surface area contributed by atoms with Crippen LogP contribution in [0, 0.1) is 0 Å². The Balaban J connectivity index is 1.66. The topological polar surface area (TPSA) is 28.2 Å². The minimum atomic E-state index is 0.429. The first-order valence-electron chi connectivity index (χ1n) is 10.8. The number of nitrogens with zero attached hydrogens (tertiary/aromatic N) is 3. The van der Waals surface area contributed by atoms with Gasteiger partial charge in [0.05, 0.1) is 0 Å². The molecule has 0 N–H and O–H groups in total. The monoisotopic (exact) mass is 407 g/mol. The Kier molecular flexibility index (Phi) is 8.18. The number of allylic oxidation sites excluding steroid dienone is 2. The van der Waals surface area contributed by atoms with Crippen molar-refractivity contribution >= 4 is 11.8 Å². The largest absolute Gasteiger partial charge is 0.491 e. The van der Waals surface area contributed by atoms with Crippen molar-refractivity contribution < 1.29 is 9.47 Å². The fourth-order valence-corrected chi connectivity index (χ4v) is 5.26. The van der Waals surface area contributed by atoms with Crippen LogP contribution in [0.15, 0.2) is 34.8 Å². The Morgan fingerprint density at radius 1 is 1.21 bits per heavy atom. The molecule has 0 aromatic rings. The van der Waals surface area contributed by atoms with E-state index in [1.807, 2.05) is 11.8 Å². The van der Waals surface area contributed by atoms with Gasteiger partial charge in [-0.3, -0.25) is 9.80 Å². The van der Waals surface area contributed by atoms with Gasteiger partial charge in [-0.05, 0) is 49.8 Å². The summed E-state index contributed by atoms with van der Waals surface area (Å²) in [5, 5.41) is 2.21. The Morgan fingerprint density at radius 2 is 2.04 bits per heavy atom. The maximum atomic E-state index is 5.97. The smallest absolute Gasteiger partial charge is 0.157 e. The molecule has 0 aliphatic carbocycles. The van der Waals surface area contributed by atoms with Gasteiger partial charge in [0, 0.05) is 45.3 Å². The number of hydrogen-bond acceptors (Lipinski definition) is 6. The first-order valence-corrected chi connectivity index (χ1v) is 11.8. The summed E-state index contributed by atoms with van der Waals surface area (Å²) in [6, 6.07) is 0.429. The highest BCUT2D eigenvalue weighted by Gasteiger charge is 2.28. The van der Waals surface area contributed by atoms with Crippen molar-refractivity contribution in [1.29, 1.82) is 0 Å².